The first kappa shape index (κ1) is 97.8. The van der Waals surface area contributed by atoms with Gasteiger partial charge in [-0.05, 0) is 95.4 Å². The lowest BCUT2D eigenvalue weighted by Crippen LogP contribution is -2.54. The van der Waals surface area contributed by atoms with Crippen molar-refractivity contribution in [1.29, 1.82) is 0 Å². The molecule has 0 aromatic heterocycles. The fraction of sp³-hybridized carbons (Fsp3) is 0.963. The molecule has 14 aliphatic heterocycles. The molecule has 2 saturated carbocycles. The Labute approximate surface area is 681 Å². The lowest BCUT2D eigenvalue weighted by Gasteiger charge is -2.35. The number of hydrogen-bond donors (Lipinski definition) is 0. The van der Waals surface area contributed by atoms with E-state index in [-0.39, 0.29) is 157 Å². The van der Waals surface area contributed by atoms with Gasteiger partial charge in [-0.1, -0.05) is 19.1 Å². The van der Waals surface area contributed by atoms with Crippen LogP contribution in [0, 0.1) is 17.8 Å². The summed E-state index contributed by atoms with van der Waals surface area (Å²) < 4.78 is 167. The highest BCUT2D eigenvalue weighted by molar-refractivity contribution is 6.12. The molecule has 0 spiro atoms. The number of carbonyl (C=O) groups is 1. The zero-order valence-corrected chi connectivity index (χ0v) is 73.7. The molecule has 33 heteroatoms. The van der Waals surface area contributed by atoms with E-state index in [0.717, 1.165) is 12.8 Å². The van der Waals surface area contributed by atoms with E-state index in [0.29, 0.717) is 83.3 Å². The molecule has 0 aromatic carbocycles. The highest BCUT2D eigenvalue weighted by Gasteiger charge is 2.71. The maximum atomic E-state index is 8.00. The Morgan fingerprint density at radius 3 is 1.22 bits per heavy atom. The van der Waals surface area contributed by atoms with E-state index in [1.807, 2.05) is 76.0 Å². The van der Waals surface area contributed by atoms with Gasteiger partial charge in [0.15, 0.2) is 0 Å². The average Bonchev–Trinajstić information content (AvgIpc) is 1.55. The van der Waals surface area contributed by atoms with Gasteiger partial charge in [-0.2, -0.15) is 0 Å². The minimum absolute atomic E-state index is 0.00699. The van der Waals surface area contributed by atoms with Gasteiger partial charge in [-0.25, -0.2) is 0 Å². The number of ether oxygens (including phenoxy) is 30. The monoisotopic (exact) mass is 1630 g/mol. The van der Waals surface area contributed by atoms with Crippen molar-refractivity contribution in [3.8, 4) is 0 Å². The molecule has 0 amide bonds. The summed E-state index contributed by atoms with van der Waals surface area (Å²) in [5, 5.41) is 0. The largest absolute Gasteiger partial charge is 0.382 e. The van der Waals surface area contributed by atoms with Gasteiger partial charge in [0.1, 0.15) is 140 Å². The van der Waals surface area contributed by atoms with Crippen LogP contribution in [-0.2, 0) is 147 Å². The van der Waals surface area contributed by atoms with Crippen molar-refractivity contribution < 1.29 is 147 Å². The molecule has 14 heterocycles. The van der Waals surface area contributed by atoms with Gasteiger partial charge in [0.25, 0.3) is 0 Å². The van der Waals surface area contributed by atoms with Crippen LogP contribution in [-0.4, -0.2) is 405 Å². The van der Waals surface area contributed by atoms with E-state index in [9.17, 15) is 0 Å². The van der Waals surface area contributed by atoms with Crippen LogP contribution in [0.2, 0.25) is 0 Å². The van der Waals surface area contributed by atoms with Crippen molar-refractivity contribution in [3.63, 3.8) is 0 Å². The second-order valence-corrected chi connectivity index (χ2v) is 33.4. The van der Waals surface area contributed by atoms with Gasteiger partial charge in [0.05, 0.1) is 139 Å². The molecule has 38 atom stereocenters. The van der Waals surface area contributed by atoms with Crippen LogP contribution in [0.15, 0.2) is 12.2 Å². The Morgan fingerprint density at radius 2 is 0.807 bits per heavy atom. The normalized spacial score (nSPS) is 48.8. The van der Waals surface area contributed by atoms with Gasteiger partial charge in [-0.15, -0.1) is 0 Å². The molecule has 31 nitrogen and oxygen atoms in total. The lowest BCUT2D eigenvalue weighted by molar-refractivity contribution is -0.194. The third-order valence-corrected chi connectivity index (χ3v) is 27.4. The lowest BCUT2D eigenvalue weighted by atomic mass is 9.85. The summed E-state index contributed by atoms with van der Waals surface area (Å²) in [5.41, 5.74) is -2.32. The number of fused-ring (bicyclic) bond motifs is 16. The average molecular weight is 1630 g/mol. The van der Waals surface area contributed by atoms with Gasteiger partial charge in [-0.3, -0.25) is 0 Å². The molecular formula is C81H142B2O31. The number of carbonyl (C=O) groups excluding carboxylic acids is 1. The third-order valence-electron chi connectivity index (χ3n) is 27.4. The van der Waals surface area contributed by atoms with Crippen molar-refractivity contribution in [1.82, 2.24) is 0 Å². The summed E-state index contributed by atoms with van der Waals surface area (Å²) in [6, 6.07) is -0.822. The predicted molar refractivity (Wildman–Crippen MR) is 415 cm³/mol. The van der Waals surface area contributed by atoms with Crippen molar-refractivity contribution in [2.24, 2.45) is 17.8 Å². The molecule has 4 radical (unpaired) electrons. The fourth-order valence-electron chi connectivity index (χ4n) is 21.8. The Morgan fingerprint density at radius 1 is 0.404 bits per heavy atom. The maximum absolute atomic E-state index is 8.00. The third kappa shape index (κ3) is 17.0. The van der Waals surface area contributed by atoms with E-state index in [1.165, 1.54) is 5.57 Å². The molecular weight excluding hydrogens is 1490 g/mol. The highest BCUT2D eigenvalue weighted by Crippen LogP contribution is 2.56. The summed E-state index contributed by atoms with van der Waals surface area (Å²) in [6.45, 7) is 37.5. The maximum Gasteiger partial charge on any atom is 0.146 e. The zero-order valence-electron chi connectivity index (χ0n) is 73.7. The van der Waals surface area contributed by atoms with Crippen LogP contribution in [0.25, 0.3) is 0 Å². The quantitative estimate of drug-likeness (QED) is 0.0954. The van der Waals surface area contributed by atoms with Gasteiger partial charge in [0, 0.05) is 144 Å². The van der Waals surface area contributed by atoms with Gasteiger partial charge in [0.2, 0.25) is 0 Å². The number of hydrogen-bond acceptors (Lipinski definition) is 31. The number of methoxy groups -OCH3 is 16. The second-order valence-electron chi connectivity index (χ2n) is 33.4. The first-order valence-corrected chi connectivity index (χ1v) is 40.1. The molecule has 16 aliphatic rings. The summed E-state index contributed by atoms with van der Waals surface area (Å²) in [5.74, 6) is 1.56. The molecule has 16 bridgehead atoms. The first-order valence-electron chi connectivity index (χ1n) is 40.1. The second kappa shape index (κ2) is 40.3. The van der Waals surface area contributed by atoms with Crippen LogP contribution in [0.4, 0.5) is 0 Å². The minimum Gasteiger partial charge on any atom is -0.382 e. The van der Waals surface area contributed by atoms with Crippen molar-refractivity contribution in [2.75, 3.05) is 173 Å². The van der Waals surface area contributed by atoms with E-state index in [1.54, 1.807) is 114 Å². The molecule has 114 heavy (non-hydrogen) atoms. The zero-order chi connectivity index (χ0) is 84.8. The topological polar surface area (TPSA) is 294 Å². The molecule has 16 fully saturated rings. The van der Waals surface area contributed by atoms with E-state index >= 15 is 0 Å². The summed E-state index contributed by atoms with van der Waals surface area (Å²) in [7, 11) is 38.6. The van der Waals surface area contributed by atoms with Crippen molar-refractivity contribution in [2.45, 2.75) is 312 Å². The molecule has 0 N–H and O–H groups in total. The first-order chi connectivity index (χ1) is 54.1. The van der Waals surface area contributed by atoms with Crippen LogP contribution in [0.1, 0.15) is 103 Å². The smallest absolute Gasteiger partial charge is 0.146 e. The summed E-state index contributed by atoms with van der Waals surface area (Å²) in [4.78, 5) is 8.00. The van der Waals surface area contributed by atoms with Crippen LogP contribution < -0.4 is 0 Å². The fourth-order valence-corrected chi connectivity index (χ4v) is 21.8. The van der Waals surface area contributed by atoms with E-state index in [2.05, 4.69) is 27.4 Å². The Kier molecular flexibility index (Phi) is 34.6. The predicted octanol–water partition coefficient (Wildman–Crippen LogP) is 4.43. The van der Waals surface area contributed by atoms with Gasteiger partial charge >= 0.3 is 0 Å². The van der Waals surface area contributed by atoms with Crippen LogP contribution >= 0.6 is 0 Å². The van der Waals surface area contributed by atoms with E-state index in [4.69, 9.17) is 163 Å². The standard InChI is InChI=1S/C11H20O3.C11H18O3.4C10H18O4.2C9H15BO4.CH2O/c2*1-7-5-11(6-12-3)10(13-4)9(7)8(2)14-11;1-7-8-9(2,12-4)10(14-7,5-11-3)6-13-8;2*1-6-8-9(12-4)10(14-6,5-13-8)7(2)11-3;1-6-8-9(12-4)10(14-6,5-11-3)7(2)13-8;1-5(11-2)9-4-13-6(7(9)12-3)8(10)14-9;1-5-9(4-11-2)7(12-3)6(13-5)8(10)14-9;1-2/h7-10H,5-6H2,1-4H3;8-10H,1,5-6H2,2-4H3;7-8H,5-6H2,1-4H3;3*6-9H,5H2,1-4H3;2*5-8H,4H2,1-3H3;1H2/t7-,8-,9?,10-,11?;8-,9?,10-,11?;7-,8+,9+,10+;6-,7+,8+,9+,10-;6-,7-,8+,9+,10-;6-,7+,8+,9+,10+;5?,6-,7?,8+,9+;5?,6-,7?,8+,9-;/m00000000./s1. The highest BCUT2D eigenvalue weighted by atomic mass is 16.7. The van der Waals surface area contributed by atoms with Gasteiger partial charge < -0.3 is 147 Å². The molecule has 14 saturated heterocycles. The summed E-state index contributed by atoms with van der Waals surface area (Å²) in [6.07, 6.45) is 2.53. The Balaban J connectivity index is 0.000000163. The molecule has 16 rings (SSSR count). The van der Waals surface area contributed by atoms with Crippen LogP contribution in [0.3, 0.4) is 0 Å². The summed E-state index contributed by atoms with van der Waals surface area (Å²) >= 11 is 0. The Hall–Kier alpha value is -1.66. The van der Waals surface area contributed by atoms with Crippen molar-refractivity contribution in [3.05, 3.63) is 12.2 Å². The molecule has 2 aliphatic carbocycles. The molecule has 8 unspecified atom stereocenters. The van der Waals surface area contributed by atoms with Crippen LogP contribution in [0.5, 0.6) is 0 Å². The number of rotatable bonds is 24. The molecule has 658 valence electrons. The van der Waals surface area contributed by atoms with Crippen molar-refractivity contribution >= 4 is 22.5 Å². The SMILES string of the molecule is C=C1CC2(COC)O[C@@H](C)C1[C@@H]2OC.C=O.COCC12C[C@H](C)C([C@H](C)O1)[C@@H]2OC.COC[C@@]12O[C@@H](C)[C@@H](O[C@@H]1C)[C@H]2OC.COC[C@]12CO[C@H]([C@H](C)O1)[C@@]2(C)OC.CO[C@@H](C)[C@]12CO[C@H]([C@H](C)O1)[C@H]2OC.CO[C@@H]1[C@@H]2OC[C@@]1([C@@H](C)OC)O[C@H]2C.[B][C@@H]1O[C@@]2(C(C)OC)CO[C@H]1C2OC.[B][C@@H]1O[C@@]2(COC)C(C)O[C@H]1C2OC. The van der Waals surface area contributed by atoms with E-state index < -0.39 is 45.6 Å². The minimum atomic E-state index is -0.534. The molecule has 0 aromatic rings. The Bertz CT molecular complexity index is 2750.